The predicted molar refractivity (Wildman–Crippen MR) is 79.0 cm³/mol. The van der Waals surface area contributed by atoms with Crippen molar-refractivity contribution in [2.75, 3.05) is 4.72 Å². The Kier molecular flexibility index (Phi) is 4.16. The Morgan fingerprint density at radius 1 is 1.32 bits per heavy atom. The van der Waals surface area contributed by atoms with Crippen molar-refractivity contribution in [3.8, 4) is 6.07 Å². The Hall–Kier alpha value is -1.07. The van der Waals surface area contributed by atoms with E-state index in [0.717, 1.165) is 11.3 Å². The zero-order chi connectivity index (χ0) is 14.0. The van der Waals surface area contributed by atoms with Crippen molar-refractivity contribution in [1.82, 2.24) is 0 Å². The first kappa shape index (κ1) is 14.3. The third kappa shape index (κ3) is 3.28. The number of nitrogens with zero attached hydrogens (tertiary/aromatic N) is 1. The molecule has 98 valence electrons. The molecule has 19 heavy (non-hydrogen) atoms. The maximum Gasteiger partial charge on any atom is 0.271 e. The average molecular weight is 378 g/mol. The molecule has 0 bridgehead atoms. The van der Waals surface area contributed by atoms with E-state index in [1.54, 1.807) is 12.1 Å². The Labute approximate surface area is 127 Å². The van der Waals surface area contributed by atoms with E-state index in [-0.39, 0.29) is 4.21 Å². The van der Waals surface area contributed by atoms with Gasteiger partial charge in [-0.15, -0.1) is 11.3 Å². The zero-order valence-electron chi connectivity index (χ0n) is 9.22. The number of rotatable bonds is 3. The van der Waals surface area contributed by atoms with Crippen molar-refractivity contribution in [2.45, 2.75) is 4.21 Å². The molecular weight excluding hydrogens is 372 g/mol. The summed E-state index contributed by atoms with van der Waals surface area (Å²) in [4.78, 5) is 0.342. The highest BCUT2D eigenvalue weighted by Gasteiger charge is 2.17. The lowest BCUT2D eigenvalue weighted by atomic mass is 10.3. The van der Waals surface area contributed by atoms with E-state index < -0.39 is 10.0 Å². The van der Waals surface area contributed by atoms with Crippen LogP contribution in [0.5, 0.6) is 0 Å². The van der Waals surface area contributed by atoms with Crippen LogP contribution in [0.15, 0.2) is 39.0 Å². The topological polar surface area (TPSA) is 70.0 Å². The maximum atomic E-state index is 12.1. The van der Waals surface area contributed by atoms with Crippen molar-refractivity contribution < 1.29 is 8.42 Å². The average Bonchev–Trinajstić information content (AvgIpc) is 2.83. The smallest absolute Gasteiger partial charge is 0.271 e. The second-order valence-electron chi connectivity index (χ2n) is 3.46. The number of anilines is 1. The monoisotopic (exact) mass is 376 g/mol. The lowest BCUT2D eigenvalue weighted by molar-refractivity contribution is 0.603. The van der Waals surface area contributed by atoms with E-state index in [4.69, 9.17) is 16.9 Å². The van der Waals surface area contributed by atoms with Gasteiger partial charge in [-0.3, -0.25) is 4.72 Å². The molecule has 0 fully saturated rings. The van der Waals surface area contributed by atoms with Crippen molar-refractivity contribution >= 4 is 54.6 Å². The van der Waals surface area contributed by atoms with Gasteiger partial charge in [0, 0.05) is 4.47 Å². The summed E-state index contributed by atoms with van der Waals surface area (Å²) in [6, 6.07) is 9.50. The molecule has 0 aliphatic carbocycles. The highest BCUT2D eigenvalue weighted by Crippen LogP contribution is 2.28. The summed E-state index contributed by atoms with van der Waals surface area (Å²) in [5.41, 5.74) is 0.361. The van der Waals surface area contributed by atoms with Crippen molar-refractivity contribution in [1.29, 1.82) is 5.26 Å². The van der Waals surface area contributed by atoms with Gasteiger partial charge in [0.15, 0.2) is 0 Å². The van der Waals surface area contributed by atoms with Gasteiger partial charge in [-0.1, -0.05) is 11.6 Å². The molecule has 1 aromatic heterocycles. The fourth-order valence-corrected chi connectivity index (χ4v) is 3.87. The van der Waals surface area contributed by atoms with Crippen molar-refractivity contribution in [2.24, 2.45) is 0 Å². The molecule has 2 aromatic rings. The third-order valence-electron chi connectivity index (χ3n) is 2.13. The Morgan fingerprint density at radius 3 is 2.63 bits per heavy atom. The van der Waals surface area contributed by atoms with Gasteiger partial charge >= 0.3 is 0 Å². The molecule has 0 atom stereocenters. The van der Waals surface area contributed by atoms with Crippen LogP contribution >= 0.6 is 38.9 Å². The second kappa shape index (κ2) is 5.51. The van der Waals surface area contributed by atoms with Gasteiger partial charge in [-0.05, 0) is 46.3 Å². The van der Waals surface area contributed by atoms with Crippen LogP contribution in [0.25, 0.3) is 0 Å². The molecule has 4 nitrogen and oxygen atoms in total. The molecule has 0 amide bonds. The summed E-state index contributed by atoms with van der Waals surface area (Å²) in [6.45, 7) is 0. The quantitative estimate of drug-likeness (QED) is 0.883. The molecule has 1 heterocycles. The molecule has 0 unspecified atom stereocenters. The van der Waals surface area contributed by atoms with E-state index in [1.807, 2.05) is 6.07 Å². The van der Waals surface area contributed by atoms with Crippen molar-refractivity contribution in [3.05, 3.63) is 44.7 Å². The molecule has 8 heteroatoms. The molecule has 0 aliphatic heterocycles. The Morgan fingerprint density at radius 2 is 2.05 bits per heavy atom. The Bertz CT molecular complexity index is 765. The number of benzene rings is 1. The lowest BCUT2D eigenvalue weighted by Gasteiger charge is -2.07. The predicted octanol–water partition coefficient (Wildman–Crippen LogP) is 3.84. The highest BCUT2D eigenvalue weighted by atomic mass is 79.9. The minimum atomic E-state index is -3.69. The summed E-state index contributed by atoms with van der Waals surface area (Å²) >= 11 is 10.0. The summed E-state index contributed by atoms with van der Waals surface area (Å²) < 4.78 is 27.3. The van der Waals surface area contributed by atoms with Gasteiger partial charge in [0.05, 0.1) is 10.7 Å². The number of nitriles is 1. The normalized spacial score (nSPS) is 11.0. The fourth-order valence-electron chi connectivity index (χ4n) is 1.29. The summed E-state index contributed by atoms with van der Waals surface area (Å²) in [7, 11) is -3.69. The van der Waals surface area contributed by atoms with Crippen LogP contribution < -0.4 is 4.72 Å². The second-order valence-corrected chi connectivity index (χ2v) is 7.72. The minimum Gasteiger partial charge on any atom is -0.279 e. The van der Waals surface area contributed by atoms with Crippen LogP contribution in [0, 0.1) is 11.3 Å². The van der Waals surface area contributed by atoms with Gasteiger partial charge in [-0.2, -0.15) is 5.26 Å². The highest BCUT2D eigenvalue weighted by molar-refractivity contribution is 9.10. The van der Waals surface area contributed by atoms with E-state index in [9.17, 15) is 8.42 Å². The molecule has 0 aliphatic rings. The standard InChI is InChI=1S/C11H6BrClN2O2S2/c12-9-3-1-7(5-10(9)13)15-19(16,17)11-4-2-8(6-14)18-11/h1-5,15H. The first-order valence-corrected chi connectivity index (χ1v) is 8.37. The summed E-state index contributed by atoms with van der Waals surface area (Å²) in [5.74, 6) is 0. The van der Waals surface area contributed by atoms with Crippen LogP contribution in [0.3, 0.4) is 0 Å². The van der Waals surface area contributed by atoms with Gasteiger partial charge in [0.1, 0.15) is 15.2 Å². The number of hydrogen-bond acceptors (Lipinski definition) is 4. The number of thiophene rings is 1. The maximum absolute atomic E-state index is 12.1. The number of hydrogen-bond donors (Lipinski definition) is 1. The minimum absolute atomic E-state index is 0.0862. The molecule has 0 radical (unpaired) electrons. The van der Waals surface area contributed by atoms with E-state index in [1.165, 1.54) is 18.2 Å². The van der Waals surface area contributed by atoms with E-state index in [0.29, 0.717) is 20.1 Å². The van der Waals surface area contributed by atoms with Gasteiger partial charge in [0.2, 0.25) is 0 Å². The zero-order valence-corrected chi connectivity index (χ0v) is 13.2. The summed E-state index contributed by atoms with van der Waals surface area (Å²) in [6.07, 6.45) is 0. The largest absolute Gasteiger partial charge is 0.279 e. The van der Waals surface area contributed by atoms with Crippen LogP contribution in [-0.4, -0.2) is 8.42 Å². The van der Waals surface area contributed by atoms with Gasteiger partial charge < -0.3 is 0 Å². The first-order valence-electron chi connectivity index (χ1n) is 4.90. The molecule has 1 aromatic carbocycles. The molecule has 0 saturated carbocycles. The van der Waals surface area contributed by atoms with Crippen LogP contribution in [0.4, 0.5) is 5.69 Å². The van der Waals surface area contributed by atoms with Gasteiger partial charge in [-0.25, -0.2) is 8.42 Å². The first-order chi connectivity index (χ1) is 8.92. The molecule has 0 spiro atoms. The Balaban J connectivity index is 2.31. The lowest BCUT2D eigenvalue weighted by Crippen LogP contribution is -2.11. The summed E-state index contributed by atoms with van der Waals surface area (Å²) in [5, 5.41) is 9.10. The van der Waals surface area contributed by atoms with E-state index >= 15 is 0 Å². The van der Waals surface area contributed by atoms with Gasteiger partial charge in [0.25, 0.3) is 10.0 Å². The number of sulfonamides is 1. The molecular formula is C11H6BrClN2O2S2. The van der Waals surface area contributed by atoms with Crippen LogP contribution in [-0.2, 0) is 10.0 Å². The fraction of sp³-hybridized carbons (Fsp3) is 0. The van der Waals surface area contributed by atoms with Crippen LogP contribution in [0.2, 0.25) is 5.02 Å². The SMILES string of the molecule is N#Cc1ccc(S(=O)(=O)Nc2ccc(Br)c(Cl)c2)s1. The van der Waals surface area contributed by atoms with Crippen LogP contribution in [0.1, 0.15) is 4.88 Å². The van der Waals surface area contributed by atoms with E-state index in [2.05, 4.69) is 20.7 Å². The van der Waals surface area contributed by atoms with Crippen molar-refractivity contribution in [3.63, 3.8) is 0 Å². The number of nitrogens with one attached hydrogen (secondary N) is 1. The third-order valence-corrected chi connectivity index (χ3v) is 6.22. The molecule has 2 rings (SSSR count). The molecule has 0 saturated heterocycles. The number of halogens is 2. The molecule has 1 N–H and O–H groups in total.